The summed E-state index contributed by atoms with van der Waals surface area (Å²) in [5, 5.41) is 15.4. The van der Waals surface area contributed by atoms with Crippen molar-refractivity contribution in [2.24, 2.45) is 5.11 Å². The summed E-state index contributed by atoms with van der Waals surface area (Å²) in [5.74, 6) is 0. The van der Waals surface area contributed by atoms with E-state index in [0.29, 0.717) is 0 Å². The van der Waals surface area contributed by atoms with Crippen LogP contribution < -0.4 is 0 Å². The van der Waals surface area contributed by atoms with Crippen LogP contribution in [0, 0.1) is 0 Å². The van der Waals surface area contributed by atoms with Gasteiger partial charge in [0, 0.05) is 11.5 Å². The van der Waals surface area contributed by atoms with Gasteiger partial charge in [-0.05, 0) is 11.1 Å². The number of hydrogen-bond acceptors (Lipinski definition) is 6. The van der Waals surface area contributed by atoms with E-state index in [9.17, 15) is 4.79 Å². The van der Waals surface area contributed by atoms with Gasteiger partial charge in [-0.15, -0.1) is 0 Å². The van der Waals surface area contributed by atoms with Gasteiger partial charge in [0.1, 0.15) is 12.7 Å². The van der Waals surface area contributed by atoms with Crippen molar-refractivity contribution in [3.63, 3.8) is 0 Å². The first-order chi connectivity index (χ1) is 10.2. The maximum atomic E-state index is 11.9. The molecule has 0 unspecified atom stereocenters. The van der Waals surface area contributed by atoms with Crippen molar-refractivity contribution >= 4 is 6.09 Å². The zero-order valence-corrected chi connectivity index (χ0v) is 11.0. The van der Waals surface area contributed by atoms with Crippen molar-refractivity contribution in [3.05, 3.63) is 46.3 Å². The number of hydrogen-bond donors (Lipinski definition) is 1. The van der Waals surface area contributed by atoms with Gasteiger partial charge < -0.3 is 9.64 Å². The fraction of sp³-hybridized carbons (Fsp3) is 0.417. The third kappa shape index (κ3) is 4.07. The van der Waals surface area contributed by atoms with E-state index in [1.54, 1.807) is 0 Å². The first kappa shape index (κ1) is 15.1. The Morgan fingerprint density at radius 2 is 2.19 bits per heavy atom. The molecular formula is C12H14N4O5. The van der Waals surface area contributed by atoms with Crippen LogP contribution in [0.1, 0.15) is 5.56 Å². The fourth-order valence-electron chi connectivity index (χ4n) is 2.04. The lowest BCUT2D eigenvalue weighted by Gasteiger charge is -2.15. The van der Waals surface area contributed by atoms with Crippen LogP contribution in [0.2, 0.25) is 0 Å². The molecule has 1 N–H and O–H groups in total. The monoisotopic (exact) mass is 294 g/mol. The lowest BCUT2D eigenvalue weighted by atomic mass is 10.2. The van der Waals surface area contributed by atoms with E-state index in [4.69, 9.17) is 15.5 Å². The predicted octanol–water partition coefficient (Wildman–Crippen LogP) is 2.11. The van der Waals surface area contributed by atoms with Gasteiger partial charge in [0.2, 0.25) is 0 Å². The van der Waals surface area contributed by atoms with E-state index in [1.165, 1.54) is 4.90 Å². The minimum Gasteiger partial charge on any atom is -0.445 e. The Bertz CT molecular complexity index is 520. The second-order valence-corrected chi connectivity index (χ2v) is 4.43. The summed E-state index contributed by atoms with van der Waals surface area (Å²) in [6, 6.07) is 8.59. The van der Waals surface area contributed by atoms with Crippen LogP contribution in [0.4, 0.5) is 4.79 Å². The Morgan fingerprint density at radius 3 is 2.86 bits per heavy atom. The number of carbonyl (C=O) groups is 1. The quantitative estimate of drug-likeness (QED) is 0.293. The number of amides is 1. The lowest BCUT2D eigenvalue weighted by Crippen LogP contribution is -2.30. The maximum absolute atomic E-state index is 11.9. The van der Waals surface area contributed by atoms with E-state index < -0.39 is 18.2 Å². The molecule has 9 heteroatoms. The Kier molecular flexibility index (Phi) is 5.35. The smallest absolute Gasteiger partial charge is 0.410 e. The van der Waals surface area contributed by atoms with Crippen molar-refractivity contribution in [1.29, 1.82) is 0 Å². The minimum absolute atomic E-state index is 0.0951. The van der Waals surface area contributed by atoms with Gasteiger partial charge >= 0.3 is 6.09 Å². The summed E-state index contributed by atoms with van der Waals surface area (Å²) in [4.78, 5) is 20.5. The summed E-state index contributed by atoms with van der Waals surface area (Å²) in [6.45, 7) is 0.369. The van der Waals surface area contributed by atoms with E-state index >= 15 is 0 Å². The molecule has 9 nitrogen and oxygen atoms in total. The van der Waals surface area contributed by atoms with Crippen molar-refractivity contribution in [1.82, 2.24) is 4.90 Å². The van der Waals surface area contributed by atoms with E-state index in [2.05, 4.69) is 20.0 Å². The second-order valence-electron chi connectivity index (χ2n) is 4.43. The number of likely N-dealkylation sites (tertiary alicyclic amines) is 1. The molecule has 0 radical (unpaired) electrons. The summed E-state index contributed by atoms with van der Waals surface area (Å²) >= 11 is 0. The Balaban J connectivity index is 1.89. The molecule has 0 bridgehead atoms. The third-order valence-corrected chi connectivity index (χ3v) is 3.07. The van der Waals surface area contributed by atoms with E-state index in [-0.39, 0.29) is 19.7 Å². The molecule has 1 aromatic rings. The molecule has 21 heavy (non-hydrogen) atoms. The third-order valence-electron chi connectivity index (χ3n) is 3.07. The van der Waals surface area contributed by atoms with Gasteiger partial charge in [-0.25, -0.2) is 14.9 Å². The molecule has 1 aromatic carbocycles. The van der Waals surface area contributed by atoms with Gasteiger partial charge in [0.15, 0.2) is 0 Å². The molecule has 1 aliphatic heterocycles. The Hall–Kier alpha value is -2.32. The average Bonchev–Trinajstić information content (AvgIpc) is 2.90. The highest BCUT2D eigenvalue weighted by Gasteiger charge is 2.37. The standard InChI is InChI=1S/C12H14N4O5/c13-15-14-10-6-16(7-11(10)20-21-18)12(17)19-8-9-4-2-1-3-5-9/h1-5,10-11,18H,6-8H2/t10-,11-/m1/s1. The molecule has 1 aliphatic rings. The Morgan fingerprint density at radius 1 is 1.43 bits per heavy atom. The number of rotatable bonds is 5. The zero-order valence-electron chi connectivity index (χ0n) is 11.0. The predicted molar refractivity (Wildman–Crippen MR) is 69.7 cm³/mol. The summed E-state index contributed by atoms with van der Waals surface area (Å²) in [5.41, 5.74) is 9.32. The molecule has 0 spiro atoms. The average molecular weight is 294 g/mol. The van der Waals surface area contributed by atoms with Crippen LogP contribution in [-0.2, 0) is 21.3 Å². The summed E-state index contributed by atoms with van der Waals surface area (Å²) < 4.78 is 5.16. The molecule has 0 saturated carbocycles. The molecule has 112 valence electrons. The van der Waals surface area contributed by atoms with Crippen LogP contribution in [0.3, 0.4) is 0 Å². The number of azide groups is 1. The van der Waals surface area contributed by atoms with Gasteiger partial charge in [-0.2, -0.15) is 0 Å². The summed E-state index contributed by atoms with van der Waals surface area (Å²) in [6.07, 6.45) is -1.30. The van der Waals surface area contributed by atoms with Crippen LogP contribution in [0.25, 0.3) is 10.4 Å². The van der Waals surface area contributed by atoms with Gasteiger partial charge in [-0.1, -0.05) is 40.5 Å². The highest BCUT2D eigenvalue weighted by Crippen LogP contribution is 2.18. The number of carbonyl (C=O) groups excluding carboxylic acids is 1. The molecule has 0 aromatic heterocycles. The SMILES string of the molecule is [N-]=[N+]=N[C@@H]1CN(C(=O)OCc2ccccc2)C[C@H]1OOO. The maximum Gasteiger partial charge on any atom is 0.410 e. The van der Waals surface area contributed by atoms with Crippen molar-refractivity contribution < 1.29 is 24.7 Å². The minimum atomic E-state index is -0.741. The topological polar surface area (TPSA) is 117 Å². The van der Waals surface area contributed by atoms with Crippen LogP contribution in [0.5, 0.6) is 0 Å². The largest absolute Gasteiger partial charge is 0.445 e. The van der Waals surface area contributed by atoms with Crippen LogP contribution in [0.15, 0.2) is 35.4 Å². The van der Waals surface area contributed by atoms with Crippen molar-refractivity contribution in [3.8, 4) is 0 Å². The first-order valence-corrected chi connectivity index (χ1v) is 6.21. The first-order valence-electron chi connectivity index (χ1n) is 6.21. The zero-order chi connectivity index (χ0) is 15.1. The fourth-order valence-corrected chi connectivity index (χ4v) is 2.04. The highest BCUT2D eigenvalue weighted by molar-refractivity contribution is 5.68. The number of benzene rings is 1. The molecule has 0 aliphatic carbocycles. The van der Waals surface area contributed by atoms with Gasteiger partial charge in [0.05, 0.1) is 12.6 Å². The molecule has 1 saturated heterocycles. The molecule has 2 atom stereocenters. The molecular weight excluding hydrogens is 280 g/mol. The second kappa shape index (κ2) is 7.46. The number of nitrogens with zero attached hydrogens (tertiary/aromatic N) is 4. The van der Waals surface area contributed by atoms with Crippen molar-refractivity contribution in [2.75, 3.05) is 13.1 Å². The Labute approximate surface area is 120 Å². The van der Waals surface area contributed by atoms with Crippen LogP contribution in [-0.4, -0.2) is 41.5 Å². The normalized spacial score (nSPS) is 20.9. The molecule has 1 heterocycles. The van der Waals surface area contributed by atoms with E-state index in [0.717, 1.165) is 5.56 Å². The molecule has 1 fully saturated rings. The number of ether oxygens (including phenoxy) is 1. The molecule has 2 rings (SSSR count). The highest BCUT2D eigenvalue weighted by atomic mass is 17.5. The van der Waals surface area contributed by atoms with Gasteiger partial charge in [0.25, 0.3) is 0 Å². The lowest BCUT2D eigenvalue weighted by molar-refractivity contribution is -0.505. The molecule has 1 amide bonds. The van der Waals surface area contributed by atoms with Crippen molar-refractivity contribution in [2.45, 2.75) is 18.8 Å². The summed E-state index contributed by atoms with van der Waals surface area (Å²) in [7, 11) is 0. The van der Waals surface area contributed by atoms with Gasteiger partial charge in [-0.3, -0.25) is 0 Å². The van der Waals surface area contributed by atoms with Crippen LogP contribution >= 0.6 is 0 Å². The van der Waals surface area contributed by atoms with E-state index in [1.807, 2.05) is 30.3 Å².